The van der Waals surface area contributed by atoms with Gasteiger partial charge in [0.25, 0.3) is 0 Å². The molecule has 5 heteroatoms. The normalized spacial score (nSPS) is 18.4. The molecular formula is C16H23N3O2. The Balaban J connectivity index is 1.94. The highest BCUT2D eigenvalue weighted by atomic mass is 16.5. The largest absolute Gasteiger partial charge is 0.472 e. The number of nitrogens with zero attached hydrogens (tertiary/aromatic N) is 3. The zero-order valence-electron chi connectivity index (χ0n) is 12.8. The summed E-state index contributed by atoms with van der Waals surface area (Å²) in [6.07, 6.45) is 4.97. The minimum Gasteiger partial charge on any atom is -0.472 e. The molecule has 1 atom stereocenters. The lowest BCUT2D eigenvalue weighted by Crippen LogP contribution is -2.44. The monoisotopic (exact) mass is 289 g/mol. The van der Waals surface area contributed by atoms with E-state index in [2.05, 4.69) is 16.5 Å². The van der Waals surface area contributed by atoms with Gasteiger partial charge in [-0.1, -0.05) is 6.08 Å². The van der Waals surface area contributed by atoms with E-state index >= 15 is 0 Å². The number of allylic oxidation sites excluding steroid dienone is 1. The summed E-state index contributed by atoms with van der Waals surface area (Å²) in [7, 11) is 0. The second kappa shape index (κ2) is 7.20. The first-order chi connectivity index (χ1) is 10.1. The highest BCUT2D eigenvalue weighted by molar-refractivity contribution is 5.76. The molecule has 2 rings (SSSR count). The lowest BCUT2D eigenvalue weighted by Gasteiger charge is -2.32. The van der Waals surface area contributed by atoms with Crippen LogP contribution < -0.4 is 4.74 Å². The predicted molar refractivity (Wildman–Crippen MR) is 81.2 cm³/mol. The van der Waals surface area contributed by atoms with Crippen LogP contribution in [0.15, 0.2) is 18.7 Å². The van der Waals surface area contributed by atoms with Crippen molar-refractivity contribution in [3.05, 3.63) is 30.2 Å². The molecule has 1 amide bonds. The molecule has 1 aromatic rings. The number of amides is 1. The maximum atomic E-state index is 12.1. The molecule has 0 unspecified atom stereocenters. The van der Waals surface area contributed by atoms with Crippen molar-refractivity contribution in [2.45, 2.75) is 45.6 Å². The zero-order valence-corrected chi connectivity index (χ0v) is 12.8. The maximum absolute atomic E-state index is 12.1. The van der Waals surface area contributed by atoms with Crippen molar-refractivity contribution in [1.29, 1.82) is 0 Å². The summed E-state index contributed by atoms with van der Waals surface area (Å²) in [6.45, 7) is 8.89. The minimum absolute atomic E-state index is 0.0140. The molecule has 1 saturated heterocycles. The number of aromatic nitrogens is 2. The van der Waals surface area contributed by atoms with Gasteiger partial charge in [0.15, 0.2) is 0 Å². The molecule has 0 bridgehead atoms. The van der Waals surface area contributed by atoms with E-state index in [1.54, 1.807) is 6.08 Å². The molecule has 1 fully saturated rings. The van der Waals surface area contributed by atoms with Crippen molar-refractivity contribution < 1.29 is 9.53 Å². The highest BCUT2D eigenvalue weighted by Gasteiger charge is 2.24. The number of carbonyl (C=O) groups excluding carboxylic acids is 1. The molecule has 2 heterocycles. The van der Waals surface area contributed by atoms with Gasteiger partial charge in [-0.2, -0.15) is 4.98 Å². The van der Waals surface area contributed by atoms with Gasteiger partial charge >= 0.3 is 0 Å². The topological polar surface area (TPSA) is 55.3 Å². The Hall–Kier alpha value is -1.91. The van der Waals surface area contributed by atoms with E-state index in [1.165, 1.54) is 0 Å². The SMILES string of the molecule is C=CCCC(=O)N1CCC[C@H](Oc2cc(C)nc(C)n2)C1. The molecule has 114 valence electrons. The molecule has 1 aliphatic heterocycles. The van der Waals surface area contributed by atoms with Crippen LogP contribution in [0.5, 0.6) is 5.88 Å². The Morgan fingerprint density at radius 1 is 1.52 bits per heavy atom. The molecule has 0 saturated carbocycles. The quantitative estimate of drug-likeness (QED) is 0.781. The number of rotatable bonds is 5. The van der Waals surface area contributed by atoms with Gasteiger partial charge in [0.1, 0.15) is 11.9 Å². The minimum atomic E-state index is 0.0140. The van der Waals surface area contributed by atoms with Gasteiger partial charge in [0, 0.05) is 24.7 Å². The Morgan fingerprint density at radius 2 is 2.33 bits per heavy atom. The number of aryl methyl sites for hydroxylation is 2. The second-order valence-corrected chi connectivity index (χ2v) is 5.44. The first kappa shape index (κ1) is 15.5. The van der Waals surface area contributed by atoms with Crippen LogP contribution >= 0.6 is 0 Å². The highest BCUT2D eigenvalue weighted by Crippen LogP contribution is 2.18. The Bertz CT molecular complexity index is 496. The van der Waals surface area contributed by atoms with E-state index in [9.17, 15) is 4.79 Å². The number of carbonyl (C=O) groups is 1. The van der Waals surface area contributed by atoms with Crippen molar-refractivity contribution in [2.75, 3.05) is 13.1 Å². The number of hydrogen-bond donors (Lipinski definition) is 0. The van der Waals surface area contributed by atoms with E-state index in [-0.39, 0.29) is 12.0 Å². The molecule has 21 heavy (non-hydrogen) atoms. The van der Waals surface area contributed by atoms with Gasteiger partial charge in [-0.3, -0.25) is 4.79 Å². The van der Waals surface area contributed by atoms with Crippen LogP contribution in [0.2, 0.25) is 0 Å². The number of piperidine rings is 1. The maximum Gasteiger partial charge on any atom is 0.223 e. The van der Waals surface area contributed by atoms with Crippen molar-refractivity contribution in [2.24, 2.45) is 0 Å². The van der Waals surface area contributed by atoms with Gasteiger partial charge in [-0.15, -0.1) is 6.58 Å². The third kappa shape index (κ3) is 4.55. The Kier molecular flexibility index (Phi) is 5.31. The fraction of sp³-hybridized carbons (Fsp3) is 0.562. The summed E-state index contributed by atoms with van der Waals surface area (Å²) in [5, 5.41) is 0. The van der Waals surface area contributed by atoms with Gasteiger partial charge in [-0.05, 0) is 33.1 Å². The van der Waals surface area contributed by atoms with Crippen molar-refractivity contribution >= 4 is 5.91 Å². The second-order valence-electron chi connectivity index (χ2n) is 5.44. The number of likely N-dealkylation sites (tertiary alicyclic amines) is 1. The van der Waals surface area contributed by atoms with E-state index in [4.69, 9.17) is 4.74 Å². The summed E-state index contributed by atoms with van der Waals surface area (Å²) in [5.41, 5.74) is 0.896. The van der Waals surface area contributed by atoms with Gasteiger partial charge < -0.3 is 9.64 Å². The molecular weight excluding hydrogens is 266 g/mol. The van der Waals surface area contributed by atoms with Crippen LogP contribution in [0, 0.1) is 13.8 Å². The first-order valence-corrected chi connectivity index (χ1v) is 7.46. The molecule has 0 aliphatic carbocycles. The van der Waals surface area contributed by atoms with Crippen molar-refractivity contribution in [3.63, 3.8) is 0 Å². The molecule has 0 spiro atoms. The summed E-state index contributed by atoms with van der Waals surface area (Å²) in [6, 6.07) is 1.84. The van der Waals surface area contributed by atoms with Gasteiger partial charge in [0.05, 0.1) is 6.54 Å². The van der Waals surface area contributed by atoms with E-state index in [0.717, 1.165) is 31.5 Å². The van der Waals surface area contributed by atoms with Crippen LogP contribution in [0.1, 0.15) is 37.2 Å². The lowest BCUT2D eigenvalue weighted by atomic mass is 10.1. The van der Waals surface area contributed by atoms with E-state index in [0.29, 0.717) is 24.7 Å². The molecule has 1 aromatic heterocycles. The third-order valence-electron chi connectivity index (χ3n) is 3.52. The van der Waals surface area contributed by atoms with Crippen molar-refractivity contribution in [3.8, 4) is 5.88 Å². The average molecular weight is 289 g/mol. The van der Waals surface area contributed by atoms with Gasteiger partial charge in [0.2, 0.25) is 11.8 Å². The number of ether oxygens (including phenoxy) is 1. The summed E-state index contributed by atoms with van der Waals surface area (Å²) in [4.78, 5) is 22.5. The summed E-state index contributed by atoms with van der Waals surface area (Å²) in [5.74, 6) is 1.49. The molecule has 5 nitrogen and oxygen atoms in total. The smallest absolute Gasteiger partial charge is 0.223 e. The molecule has 0 aromatic carbocycles. The third-order valence-corrected chi connectivity index (χ3v) is 3.52. The van der Waals surface area contributed by atoms with E-state index < -0.39 is 0 Å². The zero-order chi connectivity index (χ0) is 15.2. The Labute approximate surface area is 126 Å². The van der Waals surface area contributed by atoms with Crippen LogP contribution in [-0.2, 0) is 4.79 Å². The fourth-order valence-corrected chi connectivity index (χ4v) is 2.56. The standard InChI is InChI=1S/C16H23N3O2/c1-4-5-8-16(20)19-9-6-7-14(11-19)21-15-10-12(2)17-13(3)18-15/h4,10,14H,1,5-9,11H2,2-3H3/t14-/m0/s1. The van der Waals surface area contributed by atoms with Crippen molar-refractivity contribution in [1.82, 2.24) is 14.9 Å². The molecule has 0 radical (unpaired) electrons. The fourth-order valence-electron chi connectivity index (χ4n) is 2.56. The molecule has 1 aliphatic rings. The Morgan fingerprint density at radius 3 is 3.05 bits per heavy atom. The van der Waals surface area contributed by atoms with E-state index in [1.807, 2.05) is 24.8 Å². The predicted octanol–water partition coefficient (Wildman–Crippen LogP) is 2.43. The summed E-state index contributed by atoms with van der Waals surface area (Å²) >= 11 is 0. The van der Waals surface area contributed by atoms with Crippen LogP contribution in [0.4, 0.5) is 0 Å². The molecule has 0 N–H and O–H groups in total. The number of hydrogen-bond acceptors (Lipinski definition) is 4. The van der Waals surface area contributed by atoms with Crippen LogP contribution in [0.25, 0.3) is 0 Å². The van der Waals surface area contributed by atoms with Gasteiger partial charge in [-0.25, -0.2) is 4.98 Å². The average Bonchev–Trinajstić information content (AvgIpc) is 2.44. The summed E-state index contributed by atoms with van der Waals surface area (Å²) < 4.78 is 5.94. The lowest BCUT2D eigenvalue weighted by molar-refractivity contribution is -0.133. The van der Waals surface area contributed by atoms with Crippen LogP contribution in [0.3, 0.4) is 0 Å². The first-order valence-electron chi connectivity index (χ1n) is 7.46. The van der Waals surface area contributed by atoms with Crippen LogP contribution in [-0.4, -0.2) is 40.0 Å².